The maximum Gasteiger partial charge on any atom is 0.259 e. The molecule has 0 bridgehead atoms. The predicted octanol–water partition coefficient (Wildman–Crippen LogP) is 2.19. The lowest BCUT2D eigenvalue weighted by Crippen LogP contribution is -2.12. The van der Waals surface area contributed by atoms with Gasteiger partial charge in [0.05, 0.1) is 11.3 Å². The molecule has 0 fully saturated rings. The van der Waals surface area contributed by atoms with Crippen LogP contribution in [-0.4, -0.2) is 25.7 Å². The molecule has 21 heavy (non-hydrogen) atoms. The summed E-state index contributed by atoms with van der Waals surface area (Å²) in [5.41, 5.74) is 1.23. The van der Waals surface area contributed by atoms with Crippen LogP contribution in [0.25, 0.3) is 0 Å². The maximum atomic E-state index is 12.0. The van der Waals surface area contributed by atoms with Crippen molar-refractivity contribution in [3.63, 3.8) is 0 Å². The van der Waals surface area contributed by atoms with Crippen LogP contribution in [0.3, 0.4) is 0 Å². The predicted molar refractivity (Wildman–Crippen MR) is 81.0 cm³/mol. The molecule has 0 aromatic heterocycles. The van der Waals surface area contributed by atoms with Crippen LogP contribution in [0.5, 0.6) is 5.75 Å². The molecule has 2 rings (SSSR count). The number of rotatable bonds is 4. The molecule has 0 heterocycles. The van der Waals surface area contributed by atoms with Gasteiger partial charge in [0.1, 0.15) is 5.75 Å². The number of aromatic hydroxyl groups is 1. The Bertz CT molecular complexity index is 769. The number of carbonyl (C=O) groups is 1. The molecule has 0 unspecified atom stereocenters. The van der Waals surface area contributed by atoms with E-state index >= 15 is 0 Å². The third kappa shape index (κ3) is 4.32. The molecule has 0 saturated heterocycles. The lowest BCUT2D eigenvalue weighted by atomic mass is 10.1. The fourth-order valence-electron chi connectivity index (χ4n) is 1.91. The molecule has 2 N–H and O–H groups in total. The second-order valence-electron chi connectivity index (χ2n) is 4.74. The Morgan fingerprint density at radius 3 is 2.52 bits per heavy atom. The van der Waals surface area contributed by atoms with E-state index in [-0.39, 0.29) is 17.1 Å². The van der Waals surface area contributed by atoms with Crippen molar-refractivity contribution < 1.29 is 18.3 Å². The average Bonchev–Trinajstić information content (AvgIpc) is 2.37. The SMILES string of the molecule is CS(=O)(=O)Cc1cccc(NC(=O)c2ccccc2O)c1. The number of benzene rings is 2. The highest BCUT2D eigenvalue weighted by Gasteiger charge is 2.11. The van der Waals surface area contributed by atoms with Gasteiger partial charge in [0.15, 0.2) is 9.84 Å². The fourth-order valence-corrected chi connectivity index (χ4v) is 2.69. The largest absolute Gasteiger partial charge is 0.507 e. The Morgan fingerprint density at radius 2 is 1.86 bits per heavy atom. The van der Waals surface area contributed by atoms with Crippen molar-refractivity contribution in [1.82, 2.24) is 0 Å². The zero-order valence-corrected chi connectivity index (χ0v) is 12.2. The number of phenolic OH excluding ortho intramolecular Hbond substituents is 1. The first-order valence-electron chi connectivity index (χ1n) is 6.21. The van der Waals surface area contributed by atoms with E-state index < -0.39 is 15.7 Å². The summed E-state index contributed by atoms with van der Waals surface area (Å²) >= 11 is 0. The number of nitrogens with one attached hydrogen (secondary N) is 1. The molecule has 6 heteroatoms. The summed E-state index contributed by atoms with van der Waals surface area (Å²) in [6.45, 7) is 0. The summed E-state index contributed by atoms with van der Waals surface area (Å²) < 4.78 is 22.6. The Hall–Kier alpha value is -2.34. The number of amides is 1. The smallest absolute Gasteiger partial charge is 0.259 e. The van der Waals surface area contributed by atoms with Crippen LogP contribution in [0.4, 0.5) is 5.69 Å². The molecule has 0 aliphatic rings. The Balaban J connectivity index is 2.19. The van der Waals surface area contributed by atoms with Crippen molar-refractivity contribution in [3.8, 4) is 5.75 Å². The van der Waals surface area contributed by atoms with Gasteiger partial charge in [0.25, 0.3) is 5.91 Å². The molecular weight excluding hydrogens is 290 g/mol. The van der Waals surface area contributed by atoms with Crippen molar-refractivity contribution in [2.75, 3.05) is 11.6 Å². The van der Waals surface area contributed by atoms with Gasteiger partial charge in [0.2, 0.25) is 0 Å². The van der Waals surface area contributed by atoms with Crippen molar-refractivity contribution in [3.05, 3.63) is 59.7 Å². The lowest BCUT2D eigenvalue weighted by molar-refractivity contribution is 0.102. The van der Waals surface area contributed by atoms with Gasteiger partial charge in [-0.15, -0.1) is 0 Å². The summed E-state index contributed by atoms with van der Waals surface area (Å²) in [6, 6.07) is 12.8. The number of sulfone groups is 1. The summed E-state index contributed by atoms with van der Waals surface area (Å²) in [6.07, 6.45) is 1.15. The van der Waals surface area contributed by atoms with E-state index in [0.29, 0.717) is 11.3 Å². The van der Waals surface area contributed by atoms with Gasteiger partial charge in [-0.1, -0.05) is 24.3 Å². The molecule has 110 valence electrons. The van der Waals surface area contributed by atoms with Crippen molar-refractivity contribution in [2.24, 2.45) is 0 Å². The van der Waals surface area contributed by atoms with E-state index in [0.717, 1.165) is 6.26 Å². The highest BCUT2D eigenvalue weighted by atomic mass is 32.2. The van der Waals surface area contributed by atoms with E-state index in [2.05, 4.69) is 5.32 Å². The molecule has 0 aliphatic carbocycles. The van der Waals surface area contributed by atoms with Crippen molar-refractivity contribution >= 4 is 21.4 Å². The van der Waals surface area contributed by atoms with Crippen molar-refractivity contribution in [2.45, 2.75) is 5.75 Å². The monoisotopic (exact) mass is 305 g/mol. The van der Waals surface area contributed by atoms with Crippen LogP contribution < -0.4 is 5.32 Å². The summed E-state index contributed by atoms with van der Waals surface area (Å²) in [5, 5.41) is 12.3. The van der Waals surface area contributed by atoms with Crippen LogP contribution in [0, 0.1) is 0 Å². The molecule has 0 radical (unpaired) electrons. The van der Waals surface area contributed by atoms with Gasteiger partial charge in [0, 0.05) is 11.9 Å². The lowest BCUT2D eigenvalue weighted by Gasteiger charge is -2.08. The number of para-hydroxylation sites is 1. The van der Waals surface area contributed by atoms with Crippen LogP contribution in [0.15, 0.2) is 48.5 Å². The van der Waals surface area contributed by atoms with Gasteiger partial charge < -0.3 is 10.4 Å². The van der Waals surface area contributed by atoms with Crippen LogP contribution in [0.2, 0.25) is 0 Å². The first-order valence-corrected chi connectivity index (χ1v) is 8.27. The second kappa shape index (κ2) is 5.97. The first kappa shape index (κ1) is 15.1. The third-order valence-electron chi connectivity index (χ3n) is 2.76. The van der Waals surface area contributed by atoms with Gasteiger partial charge in [-0.3, -0.25) is 4.79 Å². The molecular formula is C15H15NO4S. The molecule has 0 spiro atoms. The number of hydrogen-bond acceptors (Lipinski definition) is 4. The fraction of sp³-hybridized carbons (Fsp3) is 0.133. The van der Waals surface area contributed by atoms with E-state index in [1.54, 1.807) is 36.4 Å². The molecule has 0 aliphatic heterocycles. The zero-order valence-electron chi connectivity index (χ0n) is 11.4. The maximum absolute atomic E-state index is 12.0. The van der Waals surface area contributed by atoms with E-state index in [9.17, 15) is 18.3 Å². The average molecular weight is 305 g/mol. The van der Waals surface area contributed by atoms with Crippen LogP contribution in [-0.2, 0) is 15.6 Å². The van der Waals surface area contributed by atoms with E-state index in [4.69, 9.17) is 0 Å². The third-order valence-corrected chi connectivity index (χ3v) is 3.62. The normalized spacial score (nSPS) is 11.1. The molecule has 2 aromatic rings. The molecule has 0 atom stereocenters. The standard InChI is InChI=1S/C15H15NO4S/c1-21(19,20)10-11-5-4-6-12(9-11)16-15(18)13-7-2-3-8-14(13)17/h2-9,17H,10H2,1H3,(H,16,18). The molecule has 0 saturated carbocycles. The minimum Gasteiger partial charge on any atom is -0.507 e. The number of anilines is 1. The Labute approximate surface area is 123 Å². The zero-order chi connectivity index (χ0) is 15.5. The number of carbonyl (C=O) groups excluding carboxylic acids is 1. The van der Waals surface area contributed by atoms with Crippen LogP contribution >= 0.6 is 0 Å². The van der Waals surface area contributed by atoms with Crippen molar-refractivity contribution in [1.29, 1.82) is 0 Å². The van der Waals surface area contributed by atoms with E-state index in [1.807, 2.05) is 0 Å². The highest BCUT2D eigenvalue weighted by Crippen LogP contribution is 2.19. The topological polar surface area (TPSA) is 83.5 Å². The molecule has 1 amide bonds. The number of phenols is 1. The molecule has 2 aromatic carbocycles. The Morgan fingerprint density at radius 1 is 1.14 bits per heavy atom. The summed E-state index contributed by atoms with van der Waals surface area (Å²) in [5.74, 6) is -0.653. The first-order chi connectivity index (χ1) is 9.85. The van der Waals surface area contributed by atoms with Gasteiger partial charge in [-0.2, -0.15) is 0 Å². The number of hydrogen-bond donors (Lipinski definition) is 2. The quantitative estimate of drug-likeness (QED) is 0.907. The Kier molecular flexibility index (Phi) is 4.28. The van der Waals surface area contributed by atoms with Gasteiger partial charge >= 0.3 is 0 Å². The minimum atomic E-state index is -3.13. The minimum absolute atomic E-state index is 0.0900. The van der Waals surface area contributed by atoms with E-state index in [1.165, 1.54) is 12.1 Å². The molecule has 5 nitrogen and oxygen atoms in total. The summed E-state index contributed by atoms with van der Waals surface area (Å²) in [7, 11) is -3.13. The van der Waals surface area contributed by atoms with Gasteiger partial charge in [-0.05, 0) is 29.8 Å². The summed E-state index contributed by atoms with van der Waals surface area (Å²) in [4.78, 5) is 12.0. The van der Waals surface area contributed by atoms with Crippen LogP contribution in [0.1, 0.15) is 15.9 Å². The second-order valence-corrected chi connectivity index (χ2v) is 6.88. The van der Waals surface area contributed by atoms with Gasteiger partial charge in [-0.25, -0.2) is 8.42 Å². The highest BCUT2D eigenvalue weighted by molar-refractivity contribution is 7.89.